The Morgan fingerprint density at radius 2 is 1.90 bits per heavy atom. The number of aliphatic hydroxyl groups is 1. The molecule has 0 spiro atoms. The standard InChI is InChI=1S/C22H24FN5O2S/c23-16-3-1-2-15(14-16)19(30)20-21(24)26-22(31-20)25-17-4-6-18(7-5-17)28-10-8-27(9-11-28)12-13-29/h1-7,14,29H,8-13,24H2,(H,25,26). The summed E-state index contributed by atoms with van der Waals surface area (Å²) in [7, 11) is 0. The van der Waals surface area contributed by atoms with E-state index in [-0.39, 0.29) is 28.6 Å². The largest absolute Gasteiger partial charge is 0.395 e. The molecule has 0 unspecified atom stereocenters. The van der Waals surface area contributed by atoms with Gasteiger partial charge in [-0.1, -0.05) is 23.5 Å². The summed E-state index contributed by atoms with van der Waals surface area (Å²) in [5.41, 5.74) is 8.15. The van der Waals surface area contributed by atoms with Gasteiger partial charge < -0.3 is 21.1 Å². The summed E-state index contributed by atoms with van der Waals surface area (Å²) in [5.74, 6) is -0.695. The molecule has 1 aromatic heterocycles. The van der Waals surface area contributed by atoms with E-state index in [9.17, 15) is 9.18 Å². The molecular formula is C22H24FN5O2S. The van der Waals surface area contributed by atoms with Gasteiger partial charge in [-0.15, -0.1) is 0 Å². The molecular weight excluding hydrogens is 417 g/mol. The van der Waals surface area contributed by atoms with Gasteiger partial charge in [-0.3, -0.25) is 9.69 Å². The number of nitrogens with two attached hydrogens (primary N) is 1. The number of ketones is 1. The van der Waals surface area contributed by atoms with E-state index in [4.69, 9.17) is 10.8 Å². The van der Waals surface area contributed by atoms with Crippen LogP contribution in [0.3, 0.4) is 0 Å². The van der Waals surface area contributed by atoms with Gasteiger partial charge in [0.1, 0.15) is 16.5 Å². The Hall–Kier alpha value is -3.01. The van der Waals surface area contributed by atoms with Crippen LogP contribution in [-0.2, 0) is 0 Å². The molecule has 3 aromatic rings. The molecule has 0 atom stereocenters. The Bertz CT molecular complexity index is 1050. The van der Waals surface area contributed by atoms with E-state index < -0.39 is 5.82 Å². The molecule has 162 valence electrons. The third kappa shape index (κ3) is 5.01. The molecule has 0 bridgehead atoms. The number of β-amino-alcohol motifs (C(OH)–C–C–N with tert-alkyl or cyclic N) is 1. The normalized spacial score (nSPS) is 14.6. The van der Waals surface area contributed by atoms with E-state index in [0.717, 1.165) is 55.4 Å². The van der Waals surface area contributed by atoms with Crippen molar-refractivity contribution in [2.45, 2.75) is 0 Å². The summed E-state index contributed by atoms with van der Waals surface area (Å²) in [5, 5.41) is 12.7. The minimum Gasteiger partial charge on any atom is -0.395 e. The summed E-state index contributed by atoms with van der Waals surface area (Å²) in [6, 6.07) is 13.5. The lowest BCUT2D eigenvalue weighted by Gasteiger charge is -2.35. The van der Waals surface area contributed by atoms with Gasteiger partial charge in [0.05, 0.1) is 6.61 Å². The number of hydrogen-bond donors (Lipinski definition) is 3. The zero-order chi connectivity index (χ0) is 21.8. The summed E-state index contributed by atoms with van der Waals surface area (Å²) < 4.78 is 13.4. The number of benzene rings is 2. The average Bonchev–Trinajstić information content (AvgIpc) is 3.14. The summed E-state index contributed by atoms with van der Waals surface area (Å²) >= 11 is 1.14. The fourth-order valence-electron chi connectivity index (χ4n) is 3.56. The third-order valence-corrected chi connectivity index (χ3v) is 6.20. The van der Waals surface area contributed by atoms with Crippen LogP contribution in [0.25, 0.3) is 0 Å². The first-order chi connectivity index (χ1) is 15.0. The molecule has 2 heterocycles. The van der Waals surface area contributed by atoms with Crippen molar-refractivity contribution in [1.29, 1.82) is 0 Å². The maximum atomic E-state index is 13.4. The molecule has 1 fully saturated rings. The second-order valence-corrected chi connectivity index (χ2v) is 8.30. The van der Waals surface area contributed by atoms with Crippen molar-refractivity contribution in [2.24, 2.45) is 0 Å². The molecule has 31 heavy (non-hydrogen) atoms. The SMILES string of the molecule is Nc1nc(Nc2ccc(N3CCN(CCO)CC3)cc2)sc1C(=O)c1cccc(F)c1. The van der Waals surface area contributed by atoms with E-state index >= 15 is 0 Å². The summed E-state index contributed by atoms with van der Waals surface area (Å²) in [4.78, 5) is 21.7. The van der Waals surface area contributed by atoms with Gasteiger partial charge in [-0.25, -0.2) is 9.37 Å². The Kier molecular flexibility index (Phi) is 6.45. The molecule has 1 aliphatic rings. The highest BCUT2D eigenvalue weighted by molar-refractivity contribution is 7.18. The third-order valence-electron chi connectivity index (χ3n) is 5.22. The minimum absolute atomic E-state index is 0.124. The maximum Gasteiger partial charge on any atom is 0.206 e. The van der Waals surface area contributed by atoms with Crippen molar-refractivity contribution in [1.82, 2.24) is 9.88 Å². The number of aliphatic hydroxyl groups excluding tert-OH is 1. The predicted octanol–water partition coefficient (Wildman–Crippen LogP) is 2.95. The monoisotopic (exact) mass is 441 g/mol. The molecule has 1 aliphatic heterocycles. The Morgan fingerprint density at radius 1 is 1.16 bits per heavy atom. The lowest BCUT2D eigenvalue weighted by atomic mass is 10.1. The number of aromatic nitrogens is 1. The maximum absolute atomic E-state index is 13.4. The van der Waals surface area contributed by atoms with Gasteiger partial charge >= 0.3 is 0 Å². The highest BCUT2D eigenvalue weighted by Crippen LogP contribution is 2.30. The zero-order valence-electron chi connectivity index (χ0n) is 16.9. The van der Waals surface area contributed by atoms with Gasteiger partial charge in [0, 0.05) is 49.7 Å². The molecule has 4 rings (SSSR count). The molecule has 2 aromatic carbocycles. The molecule has 4 N–H and O–H groups in total. The fraction of sp³-hybridized carbons (Fsp3) is 0.273. The van der Waals surface area contributed by atoms with E-state index in [1.54, 1.807) is 6.07 Å². The van der Waals surface area contributed by atoms with Crippen molar-refractivity contribution in [3.8, 4) is 0 Å². The Labute approximate surface area is 183 Å². The molecule has 1 saturated heterocycles. The number of nitrogen functional groups attached to an aromatic ring is 1. The van der Waals surface area contributed by atoms with Crippen LogP contribution < -0.4 is 16.0 Å². The lowest BCUT2D eigenvalue weighted by Crippen LogP contribution is -2.47. The van der Waals surface area contributed by atoms with Gasteiger partial charge in [0.2, 0.25) is 5.78 Å². The second kappa shape index (κ2) is 9.42. The van der Waals surface area contributed by atoms with Crippen LogP contribution in [0, 0.1) is 5.82 Å². The number of nitrogens with zero attached hydrogens (tertiary/aromatic N) is 3. The number of piperazine rings is 1. The van der Waals surface area contributed by atoms with Crippen molar-refractivity contribution >= 4 is 39.4 Å². The highest BCUT2D eigenvalue weighted by Gasteiger charge is 2.19. The van der Waals surface area contributed by atoms with Crippen LogP contribution in [0.5, 0.6) is 0 Å². The molecule has 7 nitrogen and oxygen atoms in total. The topological polar surface area (TPSA) is 94.7 Å². The van der Waals surface area contributed by atoms with Crippen molar-refractivity contribution in [2.75, 3.05) is 55.3 Å². The number of carbonyl (C=O) groups excluding carboxylic acids is 1. The van der Waals surface area contributed by atoms with Gasteiger partial charge in [-0.05, 0) is 36.4 Å². The first-order valence-electron chi connectivity index (χ1n) is 10.1. The van der Waals surface area contributed by atoms with Crippen LogP contribution in [0.4, 0.5) is 26.7 Å². The number of hydrogen-bond acceptors (Lipinski definition) is 8. The predicted molar refractivity (Wildman–Crippen MR) is 122 cm³/mol. The van der Waals surface area contributed by atoms with Gasteiger partial charge in [-0.2, -0.15) is 0 Å². The first kappa shape index (κ1) is 21.2. The van der Waals surface area contributed by atoms with Crippen LogP contribution >= 0.6 is 11.3 Å². The smallest absolute Gasteiger partial charge is 0.206 e. The molecule has 0 radical (unpaired) electrons. The quantitative estimate of drug-likeness (QED) is 0.485. The average molecular weight is 442 g/mol. The Morgan fingerprint density at radius 3 is 2.58 bits per heavy atom. The van der Waals surface area contributed by atoms with Crippen LogP contribution in [0.15, 0.2) is 48.5 Å². The molecule has 0 saturated carbocycles. The minimum atomic E-state index is -0.470. The zero-order valence-corrected chi connectivity index (χ0v) is 17.7. The van der Waals surface area contributed by atoms with E-state index in [1.165, 1.54) is 18.2 Å². The number of anilines is 4. The number of nitrogens with one attached hydrogen (secondary N) is 1. The van der Waals surface area contributed by atoms with Crippen LogP contribution in [0.1, 0.15) is 15.2 Å². The van der Waals surface area contributed by atoms with E-state index in [0.29, 0.717) is 5.13 Å². The van der Waals surface area contributed by atoms with Crippen LogP contribution in [-0.4, -0.2) is 60.1 Å². The first-order valence-corrected chi connectivity index (χ1v) is 10.9. The second-order valence-electron chi connectivity index (χ2n) is 7.30. The molecule has 0 amide bonds. The van der Waals surface area contributed by atoms with Crippen LogP contribution in [0.2, 0.25) is 0 Å². The van der Waals surface area contributed by atoms with Gasteiger partial charge in [0.15, 0.2) is 5.13 Å². The molecule has 9 heteroatoms. The summed E-state index contributed by atoms with van der Waals surface area (Å²) in [6.45, 7) is 4.61. The number of carbonyl (C=O) groups is 1. The Balaban J connectivity index is 1.41. The van der Waals surface area contributed by atoms with E-state index in [2.05, 4.69) is 20.1 Å². The van der Waals surface area contributed by atoms with Crippen molar-refractivity contribution in [3.63, 3.8) is 0 Å². The molecule has 0 aliphatic carbocycles. The van der Waals surface area contributed by atoms with E-state index in [1.807, 2.05) is 24.3 Å². The van der Waals surface area contributed by atoms with Gasteiger partial charge in [0.25, 0.3) is 0 Å². The van der Waals surface area contributed by atoms with Crippen molar-refractivity contribution in [3.05, 3.63) is 64.8 Å². The number of thiazole rings is 1. The number of halogens is 1. The van der Waals surface area contributed by atoms with Crippen molar-refractivity contribution < 1.29 is 14.3 Å². The highest BCUT2D eigenvalue weighted by atomic mass is 32.1. The fourth-order valence-corrected chi connectivity index (χ4v) is 4.43. The summed E-state index contributed by atoms with van der Waals surface area (Å²) in [6.07, 6.45) is 0. The number of rotatable bonds is 7. The lowest BCUT2D eigenvalue weighted by molar-refractivity contribution is 0.104.